The van der Waals surface area contributed by atoms with Gasteiger partial charge in [-0.15, -0.1) is 0 Å². The highest BCUT2D eigenvalue weighted by molar-refractivity contribution is 5.90. The van der Waals surface area contributed by atoms with E-state index in [0.29, 0.717) is 6.54 Å². The van der Waals surface area contributed by atoms with Gasteiger partial charge in [0.15, 0.2) is 0 Å². The average molecular weight is 349 g/mol. The van der Waals surface area contributed by atoms with Crippen molar-refractivity contribution in [2.24, 2.45) is 5.73 Å². The normalized spacial score (nSPS) is 12.9. The number of carbonyl (C=O) groups is 3. The van der Waals surface area contributed by atoms with E-state index in [1.165, 1.54) is 12.5 Å². The molecule has 0 aliphatic rings. The number of amides is 2. The third-order valence-electron chi connectivity index (χ3n) is 3.80. The lowest BCUT2D eigenvalue weighted by molar-refractivity contribution is -0.141. The molecule has 2 amide bonds. The highest BCUT2D eigenvalue weighted by atomic mass is 16.4. The van der Waals surface area contributed by atoms with Gasteiger partial charge in [-0.3, -0.25) is 14.4 Å². The Bertz CT molecular complexity index is 586. The molecule has 0 radical (unpaired) electrons. The van der Waals surface area contributed by atoms with Gasteiger partial charge in [0, 0.05) is 6.54 Å². The Labute approximate surface area is 148 Å². The number of unbranched alkanes of at least 4 members (excludes halogenated alkanes) is 1. The Morgan fingerprint density at radius 2 is 1.76 bits per heavy atom. The first kappa shape index (κ1) is 20.6. The topological polar surface area (TPSA) is 122 Å². The minimum atomic E-state index is -1.16. The maximum atomic E-state index is 11.9. The smallest absolute Gasteiger partial charge is 0.325 e. The minimum Gasteiger partial charge on any atom is -0.480 e. The maximum absolute atomic E-state index is 11.9. The van der Waals surface area contributed by atoms with Gasteiger partial charge in [-0.25, -0.2) is 0 Å². The molecule has 7 heteroatoms. The number of aliphatic carboxylic acids is 1. The van der Waals surface area contributed by atoms with Crippen molar-refractivity contribution in [2.45, 2.75) is 58.2 Å². The minimum absolute atomic E-state index is 0.202. The lowest BCUT2D eigenvalue weighted by Gasteiger charge is -2.14. The fourth-order valence-corrected chi connectivity index (χ4v) is 2.15. The van der Waals surface area contributed by atoms with Crippen molar-refractivity contribution in [3.8, 4) is 0 Å². The number of hydrogen-bond acceptors (Lipinski definition) is 4. The average Bonchev–Trinajstić information content (AvgIpc) is 2.58. The molecule has 2 unspecified atom stereocenters. The molecule has 2 atom stereocenters. The molecule has 0 heterocycles. The number of hydrogen-bond donors (Lipinski definition) is 4. The molecule has 5 N–H and O–H groups in total. The zero-order valence-electron chi connectivity index (χ0n) is 14.7. The van der Waals surface area contributed by atoms with E-state index in [0.717, 1.165) is 24.8 Å². The van der Waals surface area contributed by atoms with Crippen LogP contribution in [0.15, 0.2) is 24.3 Å². The molecule has 1 aromatic carbocycles. The van der Waals surface area contributed by atoms with Crippen LogP contribution in [0.3, 0.4) is 0 Å². The van der Waals surface area contributed by atoms with E-state index >= 15 is 0 Å². The van der Waals surface area contributed by atoms with Crippen molar-refractivity contribution in [3.05, 3.63) is 35.4 Å². The van der Waals surface area contributed by atoms with Gasteiger partial charge in [0.25, 0.3) is 0 Å². The number of nitrogens with two attached hydrogens (primary N) is 1. The van der Waals surface area contributed by atoms with Crippen molar-refractivity contribution in [2.75, 3.05) is 0 Å². The SMILES string of the molecule is CCCCc1ccc(CNC(=O)CC(N)C(=O)NC(C)C(=O)O)cc1. The van der Waals surface area contributed by atoms with Crippen LogP contribution in [-0.2, 0) is 27.3 Å². The van der Waals surface area contributed by atoms with Crippen LogP contribution in [0, 0.1) is 0 Å². The summed E-state index contributed by atoms with van der Waals surface area (Å²) < 4.78 is 0. The van der Waals surface area contributed by atoms with Crippen molar-refractivity contribution < 1.29 is 19.5 Å². The summed E-state index contributed by atoms with van der Waals surface area (Å²) in [5.41, 5.74) is 7.87. The Kier molecular flexibility index (Phi) is 8.63. The molecule has 0 saturated carbocycles. The van der Waals surface area contributed by atoms with Crippen LogP contribution in [-0.4, -0.2) is 35.0 Å². The van der Waals surface area contributed by atoms with Crippen molar-refractivity contribution in [1.29, 1.82) is 0 Å². The van der Waals surface area contributed by atoms with Gasteiger partial charge >= 0.3 is 5.97 Å². The molecule has 138 valence electrons. The summed E-state index contributed by atoms with van der Waals surface area (Å²) in [7, 11) is 0. The second-order valence-electron chi connectivity index (χ2n) is 6.08. The summed E-state index contributed by atoms with van der Waals surface area (Å²) in [5, 5.41) is 13.7. The molecule has 0 aliphatic carbocycles. The second-order valence-corrected chi connectivity index (χ2v) is 6.08. The third-order valence-corrected chi connectivity index (χ3v) is 3.80. The van der Waals surface area contributed by atoms with Crippen LogP contribution < -0.4 is 16.4 Å². The first-order chi connectivity index (χ1) is 11.8. The fourth-order valence-electron chi connectivity index (χ4n) is 2.15. The number of benzene rings is 1. The van der Waals surface area contributed by atoms with Gasteiger partial charge in [-0.2, -0.15) is 0 Å². The summed E-state index contributed by atoms with van der Waals surface area (Å²) in [4.78, 5) is 34.3. The number of carbonyl (C=O) groups excluding carboxylic acids is 2. The lowest BCUT2D eigenvalue weighted by atomic mass is 10.1. The molecule has 1 aromatic rings. The molecular weight excluding hydrogens is 322 g/mol. The van der Waals surface area contributed by atoms with Crippen molar-refractivity contribution in [1.82, 2.24) is 10.6 Å². The Balaban J connectivity index is 2.38. The summed E-state index contributed by atoms with van der Waals surface area (Å²) in [6.45, 7) is 3.83. The zero-order valence-corrected chi connectivity index (χ0v) is 14.7. The van der Waals surface area contributed by atoms with E-state index < -0.39 is 24.0 Å². The van der Waals surface area contributed by atoms with Crippen molar-refractivity contribution >= 4 is 17.8 Å². The Hall–Kier alpha value is -2.41. The van der Waals surface area contributed by atoms with E-state index in [2.05, 4.69) is 17.6 Å². The number of nitrogens with one attached hydrogen (secondary N) is 2. The molecule has 0 aromatic heterocycles. The lowest BCUT2D eigenvalue weighted by Crippen LogP contribution is -2.48. The van der Waals surface area contributed by atoms with E-state index in [1.807, 2.05) is 24.3 Å². The van der Waals surface area contributed by atoms with Crippen LogP contribution >= 0.6 is 0 Å². The number of aryl methyl sites for hydroxylation is 1. The van der Waals surface area contributed by atoms with Gasteiger partial charge in [0.1, 0.15) is 6.04 Å². The van der Waals surface area contributed by atoms with E-state index in [1.54, 1.807) is 0 Å². The van der Waals surface area contributed by atoms with Crippen molar-refractivity contribution in [3.63, 3.8) is 0 Å². The molecule has 0 spiro atoms. The van der Waals surface area contributed by atoms with Crippen LogP contribution in [0.1, 0.15) is 44.2 Å². The fraction of sp³-hybridized carbons (Fsp3) is 0.500. The quantitative estimate of drug-likeness (QED) is 0.501. The van der Waals surface area contributed by atoms with Gasteiger partial charge < -0.3 is 21.5 Å². The van der Waals surface area contributed by atoms with Crippen LogP contribution in [0.25, 0.3) is 0 Å². The molecule has 0 saturated heterocycles. The van der Waals surface area contributed by atoms with Crippen LogP contribution in [0.5, 0.6) is 0 Å². The largest absolute Gasteiger partial charge is 0.480 e. The first-order valence-electron chi connectivity index (χ1n) is 8.46. The van der Waals surface area contributed by atoms with E-state index in [9.17, 15) is 14.4 Å². The highest BCUT2D eigenvalue weighted by Crippen LogP contribution is 2.08. The highest BCUT2D eigenvalue weighted by Gasteiger charge is 2.21. The summed E-state index contributed by atoms with van der Waals surface area (Å²) >= 11 is 0. The molecule has 7 nitrogen and oxygen atoms in total. The summed E-state index contributed by atoms with van der Waals surface area (Å²) in [5.74, 6) is -2.18. The Morgan fingerprint density at radius 3 is 2.32 bits per heavy atom. The first-order valence-corrected chi connectivity index (χ1v) is 8.46. The van der Waals surface area contributed by atoms with E-state index in [-0.39, 0.29) is 12.3 Å². The molecule has 0 aliphatic heterocycles. The van der Waals surface area contributed by atoms with Gasteiger partial charge in [-0.05, 0) is 30.9 Å². The third kappa shape index (κ3) is 7.80. The summed E-state index contributed by atoms with van der Waals surface area (Å²) in [6, 6.07) is 5.89. The molecule has 25 heavy (non-hydrogen) atoms. The second kappa shape index (κ2) is 10.5. The van der Waals surface area contributed by atoms with Crippen LogP contribution in [0.2, 0.25) is 0 Å². The zero-order chi connectivity index (χ0) is 18.8. The van der Waals surface area contributed by atoms with Crippen LogP contribution in [0.4, 0.5) is 0 Å². The number of rotatable bonds is 10. The number of carboxylic acids is 1. The maximum Gasteiger partial charge on any atom is 0.325 e. The van der Waals surface area contributed by atoms with Gasteiger partial charge in [-0.1, -0.05) is 37.6 Å². The standard InChI is InChI=1S/C18H27N3O4/c1-3-4-5-13-6-8-14(9-7-13)11-20-16(22)10-15(19)17(23)21-12(2)18(24)25/h6-9,12,15H,3-5,10-11,19H2,1-2H3,(H,20,22)(H,21,23)(H,24,25). The molecule has 0 bridgehead atoms. The molecular formula is C18H27N3O4. The van der Waals surface area contributed by atoms with Gasteiger partial charge in [0.05, 0.1) is 12.5 Å². The van der Waals surface area contributed by atoms with E-state index in [4.69, 9.17) is 10.8 Å². The summed E-state index contributed by atoms with van der Waals surface area (Å²) in [6.07, 6.45) is 3.14. The number of carboxylic acid groups (broad SMARTS) is 1. The predicted molar refractivity (Wildman–Crippen MR) is 94.7 cm³/mol. The van der Waals surface area contributed by atoms with Gasteiger partial charge in [0.2, 0.25) is 11.8 Å². The predicted octanol–water partition coefficient (Wildman–Crippen LogP) is 0.952. The molecule has 0 fully saturated rings. The monoisotopic (exact) mass is 349 g/mol. The Morgan fingerprint density at radius 1 is 1.16 bits per heavy atom. The molecule has 1 rings (SSSR count).